The number of carbonyl (C=O) groups excluding carboxylic acids is 2. The zero-order chi connectivity index (χ0) is 29.4. The van der Waals surface area contributed by atoms with Gasteiger partial charge in [-0.15, -0.1) is 0 Å². The second kappa shape index (κ2) is 11.5. The van der Waals surface area contributed by atoms with E-state index in [0.29, 0.717) is 21.3 Å². The minimum atomic E-state index is -0.637. The highest BCUT2D eigenvalue weighted by atomic mass is 32.2. The molecule has 0 spiro atoms. The number of para-hydroxylation sites is 1. The molecule has 0 aliphatic carbocycles. The number of aliphatic imine (C=N–C) groups is 1. The lowest BCUT2D eigenvalue weighted by molar-refractivity contribution is -0.138. The summed E-state index contributed by atoms with van der Waals surface area (Å²) in [6, 6.07) is 22.8. The molecule has 0 saturated heterocycles. The van der Waals surface area contributed by atoms with Crippen molar-refractivity contribution in [1.82, 2.24) is 0 Å². The van der Waals surface area contributed by atoms with E-state index in [1.54, 1.807) is 21.1 Å². The summed E-state index contributed by atoms with van der Waals surface area (Å²) in [7, 11) is 3.21. The molecule has 10 heteroatoms. The van der Waals surface area contributed by atoms with E-state index >= 15 is 0 Å². The molecule has 212 valence electrons. The highest BCUT2D eigenvalue weighted by Gasteiger charge is 2.46. The molecule has 42 heavy (non-hydrogen) atoms. The molecule has 0 bridgehead atoms. The van der Waals surface area contributed by atoms with Crippen molar-refractivity contribution in [3.8, 4) is 11.5 Å². The van der Waals surface area contributed by atoms with E-state index in [1.807, 2.05) is 83.8 Å². The van der Waals surface area contributed by atoms with Crippen LogP contribution in [-0.2, 0) is 14.3 Å². The van der Waals surface area contributed by atoms with Gasteiger partial charge in [-0.2, -0.15) is 0 Å². The maximum atomic E-state index is 13.6. The number of rotatable bonds is 7. The monoisotopic (exact) mass is 597 g/mol. The molecule has 0 radical (unpaired) electrons. The van der Waals surface area contributed by atoms with Crippen molar-refractivity contribution in [3.05, 3.63) is 111 Å². The Morgan fingerprint density at radius 2 is 1.64 bits per heavy atom. The van der Waals surface area contributed by atoms with Crippen LogP contribution in [0.15, 0.2) is 110 Å². The van der Waals surface area contributed by atoms with Crippen LogP contribution in [0.25, 0.3) is 6.08 Å². The van der Waals surface area contributed by atoms with Crippen LogP contribution in [0.2, 0.25) is 0 Å². The van der Waals surface area contributed by atoms with Gasteiger partial charge in [0.2, 0.25) is 0 Å². The summed E-state index contributed by atoms with van der Waals surface area (Å²) < 4.78 is 16.2. The van der Waals surface area contributed by atoms with E-state index in [9.17, 15) is 9.59 Å². The number of nitrogens with zero attached hydrogens (tertiary/aromatic N) is 2. The lowest BCUT2D eigenvalue weighted by Gasteiger charge is -2.35. The Morgan fingerprint density at radius 1 is 0.976 bits per heavy atom. The summed E-state index contributed by atoms with van der Waals surface area (Å²) in [6.07, 6.45) is 1.81. The Labute approximate surface area is 251 Å². The smallest absolute Gasteiger partial charge is 0.338 e. The van der Waals surface area contributed by atoms with Crippen LogP contribution in [0, 0.1) is 0 Å². The molecule has 1 atom stereocenters. The number of thioether (sulfide) groups is 2. The summed E-state index contributed by atoms with van der Waals surface area (Å²) >= 11 is 2.82. The van der Waals surface area contributed by atoms with E-state index < -0.39 is 11.9 Å². The molecular formula is C32H27N3O5S2. The van der Waals surface area contributed by atoms with Gasteiger partial charge >= 0.3 is 5.97 Å². The maximum absolute atomic E-state index is 13.6. The Bertz CT molecular complexity index is 1710. The highest BCUT2D eigenvalue weighted by Crippen LogP contribution is 2.56. The van der Waals surface area contributed by atoms with Crippen LogP contribution in [0.4, 0.5) is 5.69 Å². The number of hydrogen-bond donors (Lipinski definition) is 1. The Kier molecular flexibility index (Phi) is 7.57. The standard InChI is InChI=1S/C32H27N3O5S2/c1-4-40-32(37)26-25(19-11-15-21(39-3)16-12-19)27(31-35(28(26)33)22-7-5-6-8-23(22)42-31)30-34-29(36)24(41-30)17-18-9-13-20(38-2)14-10-18/h5-17,25H,4,33H2,1-3H3/b24-17+. The summed E-state index contributed by atoms with van der Waals surface area (Å²) in [5.74, 6) is 0.182. The zero-order valence-electron chi connectivity index (χ0n) is 23.1. The molecule has 0 fully saturated rings. The third-order valence-corrected chi connectivity index (χ3v) is 9.23. The second-order valence-electron chi connectivity index (χ2n) is 9.46. The average molecular weight is 598 g/mol. The van der Waals surface area contributed by atoms with Gasteiger partial charge in [0.1, 0.15) is 22.4 Å². The third-order valence-electron chi connectivity index (χ3n) is 7.05. The summed E-state index contributed by atoms with van der Waals surface area (Å²) in [5.41, 5.74) is 10.3. The van der Waals surface area contributed by atoms with E-state index in [-0.39, 0.29) is 18.3 Å². The molecular weight excluding hydrogens is 571 g/mol. The maximum Gasteiger partial charge on any atom is 0.338 e. The largest absolute Gasteiger partial charge is 0.497 e. The number of ether oxygens (including phenoxy) is 3. The van der Waals surface area contributed by atoms with Crippen molar-refractivity contribution < 1.29 is 23.8 Å². The summed E-state index contributed by atoms with van der Waals surface area (Å²) in [4.78, 5) is 34.8. The fraction of sp³-hybridized carbons (Fsp3) is 0.156. The Balaban J connectivity index is 1.52. The lowest BCUT2D eigenvalue weighted by atomic mass is 9.82. The van der Waals surface area contributed by atoms with Crippen molar-refractivity contribution in [1.29, 1.82) is 0 Å². The minimum Gasteiger partial charge on any atom is -0.497 e. The molecule has 1 unspecified atom stereocenters. The van der Waals surface area contributed by atoms with Gasteiger partial charge < -0.3 is 19.9 Å². The van der Waals surface area contributed by atoms with E-state index in [1.165, 1.54) is 23.5 Å². The number of carbonyl (C=O) groups is 2. The Morgan fingerprint density at radius 3 is 2.31 bits per heavy atom. The zero-order valence-corrected chi connectivity index (χ0v) is 24.8. The van der Waals surface area contributed by atoms with Crippen LogP contribution in [0.1, 0.15) is 24.0 Å². The predicted molar refractivity (Wildman–Crippen MR) is 166 cm³/mol. The van der Waals surface area contributed by atoms with Crippen LogP contribution in [0.3, 0.4) is 0 Å². The van der Waals surface area contributed by atoms with Gasteiger partial charge in [0.25, 0.3) is 5.91 Å². The van der Waals surface area contributed by atoms with Gasteiger partial charge in [-0.05, 0) is 60.5 Å². The molecule has 0 saturated carbocycles. The fourth-order valence-electron chi connectivity index (χ4n) is 5.09. The first kappa shape index (κ1) is 27.7. The van der Waals surface area contributed by atoms with Crippen molar-refractivity contribution in [2.75, 3.05) is 25.7 Å². The molecule has 3 aliphatic heterocycles. The SMILES string of the molecule is CCOC(=O)C1=C(N)N2C(=C(C3=NC(=O)/C(=C\c4ccc(OC)cc4)S3)C1c1ccc(OC)cc1)Sc1ccccc12. The quantitative estimate of drug-likeness (QED) is 0.257. The van der Waals surface area contributed by atoms with Crippen molar-refractivity contribution in [2.24, 2.45) is 10.7 Å². The van der Waals surface area contributed by atoms with E-state index in [0.717, 1.165) is 38.1 Å². The number of hydrogen-bond acceptors (Lipinski definition) is 9. The topological polar surface area (TPSA) is 103 Å². The van der Waals surface area contributed by atoms with E-state index in [4.69, 9.17) is 19.9 Å². The molecule has 8 nitrogen and oxygen atoms in total. The number of methoxy groups -OCH3 is 2. The lowest BCUT2D eigenvalue weighted by Crippen LogP contribution is -2.37. The normalized spacial score (nSPS) is 18.7. The fourth-order valence-corrected chi connectivity index (χ4v) is 7.38. The van der Waals surface area contributed by atoms with E-state index in [2.05, 4.69) is 4.99 Å². The number of esters is 1. The van der Waals surface area contributed by atoms with Crippen LogP contribution >= 0.6 is 23.5 Å². The molecule has 3 heterocycles. The molecule has 3 aromatic rings. The third kappa shape index (κ3) is 4.86. The van der Waals surface area contributed by atoms with Gasteiger partial charge in [-0.3, -0.25) is 9.69 Å². The first-order chi connectivity index (χ1) is 20.4. The molecule has 6 rings (SSSR count). The minimum absolute atomic E-state index is 0.186. The average Bonchev–Trinajstić information content (AvgIpc) is 3.57. The first-order valence-corrected chi connectivity index (χ1v) is 14.9. The molecule has 0 aromatic heterocycles. The first-order valence-electron chi connectivity index (χ1n) is 13.2. The summed E-state index contributed by atoms with van der Waals surface area (Å²) in [5, 5.41) is 1.31. The number of amides is 1. The van der Waals surface area contributed by atoms with Crippen LogP contribution in [-0.4, -0.2) is 37.7 Å². The predicted octanol–water partition coefficient (Wildman–Crippen LogP) is 6.07. The van der Waals surface area contributed by atoms with Crippen molar-refractivity contribution >= 4 is 52.2 Å². The van der Waals surface area contributed by atoms with Crippen molar-refractivity contribution in [2.45, 2.75) is 17.7 Å². The Hall–Kier alpha value is -4.41. The summed E-state index contributed by atoms with van der Waals surface area (Å²) in [6.45, 7) is 1.94. The van der Waals surface area contributed by atoms with Gasteiger partial charge in [0.15, 0.2) is 0 Å². The van der Waals surface area contributed by atoms with Gasteiger partial charge in [-0.1, -0.05) is 59.9 Å². The van der Waals surface area contributed by atoms with Crippen LogP contribution in [0.5, 0.6) is 11.5 Å². The number of anilines is 1. The molecule has 3 aliphatic rings. The molecule has 2 N–H and O–H groups in total. The number of nitrogens with two attached hydrogens (primary N) is 1. The van der Waals surface area contributed by atoms with Crippen LogP contribution < -0.4 is 20.1 Å². The second-order valence-corrected chi connectivity index (χ2v) is 11.5. The number of fused-ring (bicyclic) bond motifs is 3. The van der Waals surface area contributed by atoms with Gasteiger partial charge in [0.05, 0.1) is 47.9 Å². The number of benzene rings is 3. The molecule has 3 aromatic carbocycles. The van der Waals surface area contributed by atoms with Gasteiger partial charge in [-0.25, -0.2) is 9.79 Å². The molecule has 1 amide bonds. The highest BCUT2D eigenvalue weighted by molar-refractivity contribution is 8.19. The van der Waals surface area contributed by atoms with Crippen molar-refractivity contribution in [3.63, 3.8) is 0 Å². The van der Waals surface area contributed by atoms with Gasteiger partial charge in [0, 0.05) is 10.5 Å².